The van der Waals surface area contributed by atoms with Gasteiger partial charge in [0, 0.05) is 0 Å². The molecule has 0 fully saturated rings. The number of nitrogens with two attached hydrogens (primary N) is 2. The summed E-state index contributed by atoms with van der Waals surface area (Å²) >= 11 is 0. The molecule has 0 radical (unpaired) electrons. The van der Waals surface area contributed by atoms with Crippen molar-refractivity contribution in [2.45, 2.75) is 20.5 Å². The van der Waals surface area contributed by atoms with Crippen molar-refractivity contribution < 1.29 is 13.5 Å². The molecule has 4 rings (SSSR count). The van der Waals surface area contributed by atoms with Crippen molar-refractivity contribution in [3.8, 4) is 22.7 Å². The predicted molar refractivity (Wildman–Crippen MR) is 107 cm³/mol. The van der Waals surface area contributed by atoms with Crippen LogP contribution in [0.2, 0.25) is 0 Å². The molecule has 0 amide bonds. The van der Waals surface area contributed by atoms with Crippen LogP contribution >= 0.6 is 0 Å². The smallest absolute Gasteiger partial charge is 0.387 e. The van der Waals surface area contributed by atoms with Gasteiger partial charge in [-0.05, 0) is 49.2 Å². The SMILES string of the molecule is Cc1ccc2nc(C)n(-c3nc(N)nc(N)c3-c3ccc(OC(F)F)cc3)c2c1. The first-order valence-electron chi connectivity index (χ1n) is 8.78. The van der Waals surface area contributed by atoms with Gasteiger partial charge in [0.1, 0.15) is 17.4 Å². The van der Waals surface area contributed by atoms with E-state index in [1.165, 1.54) is 12.1 Å². The van der Waals surface area contributed by atoms with Crippen molar-refractivity contribution in [1.82, 2.24) is 19.5 Å². The molecule has 0 bridgehead atoms. The molecule has 0 aliphatic rings. The number of hydrogen-bond donors (Lipinski definition) is 2. The van der Waals surface area contributed by atoms with Crippen LogP contribution in [0.1, 0.15) is 11.4 Å². The molecular weight excluding hydrogens is 378 g/mol. The van der Waals surface area contributed by atoms with E-state index in [0.29, 0.717) is 22.8 Å². The van der Waals surface area contributed by atoms with Crippen molar-refractivity contribution in [2.75, 3.05) is 11.5 Å². The lowest BCUT2D eigenvalue weighted by atomic mass is 10.1. The zero-order chi connectivity index (χ0) is 20.7. The average molecular weight is 396 g/mol. The van der Waals surface area contributed by atoms with E-state index in [0.717, 1.165) is 16.6 Å². The molecule has 2 heterocycles. The molecule has 0 saturated carbocycles. The van der Waals surface area contributed by atoms with Gasteiger partial charge in [-0.15, -0.1) is 0 Å². The number of halogens is 2. The van der Waals surface area contributed by atoms with E-state index in [-0.39, 0.29) is 17.5 Å². The van der Waals surface area contributed by atoms with E-state index in [4.69, 9.17) is 11.5 Å². The van der Waals surface area contributed by atoms with Gasteiger partial charge in [-0.2, -0.15) is 18.7 Å². The van der Waals surface area contributed by atoms with E-state index >= 15 is 0 Å². The molecule has 0 aliphatic heterocycles. The predicted octanol–water partition coefficient (Wildman–Crippen LogP) is 3.87. The number of aromatic nitrogens is 4. The topological polar surface area (TPSA) is 105 Å². The first-order valence-corrected chi connectivity index (χ1v) is 8.78. The van der Waals surface area contributed by atoms with Gasteiger partial charge in [0.25, 0.3) is 0 Å². The molecule has 0 spiro atoms. The normalized spacial score (nSPS) is 11.3. The second-order valence-corrected chi connectivity index (χ2v) is 6.56. The molecule has 0 aliphatic carbocycles. The standard InChI is InChI=1S/C20H18F2N6O/c1-10-3-8-14-15(9-10)28(11(2)25-14)18-16(17(23)26-20(24)27-18)12-4-6-13(7-5-12)29-19(21)22/h3-9,19H,1-2H3,(H4,23,24,26,27). The Bertz CT molecular complexity index is 1200. The summed E-state index contributed by atoms with van der Waals surface area (Å²) in [6.07, 6.45) is 0. The van der Waals surface area contributed by atoms with Crippen LogP contribution in [-0.2, 0) is 0 Å². The largest absolute Gasteiger partial charge is 0.435 e. The lowest BCUT2D eigenvalue weighted by Gasteiger charge is -2.15. The minimum atomic E-state index is -2.90. The summed E-state index contributed by atoms with van der Waals surface area (Å²) in [7, 11) is 0. The minimum absolute atomic E-state index is 0.0211. The zero-order valence-corrected chi connectivity index (χ0v) is 15.7. The Kier molecular flexibility index (Phi) is 4.50. The van der Waals surface area contributed by atoms with Crippen LogP contribution in [0.5, 0.6) is 5.75 Å². The van der Waals surface area contributed by atoms with Crippen LogP contribution in [0, 0.1) is 13.8 Å². The van der Waals surface area contributed by atoms with Crippen LogP contribution in [-0.4, -0.2) is 26.1 Å². The fourth-order valence-electron chi connectivity index (χ4n) is 3.30. The highest BCUT2D eigenvalue weighted by molar-refractivity contribution is 5.86. The molecule has 0 unspecified atom stereocenters. The number of fused-ring (bicyclic) bond motifs is 1. The van der Waals surface area contributed by atoms with E-state index in [1.54, 1.807) is 12.1 Å². The second kappa shape index (κ2) is 7.01. The summed E-state index contributed by atoms with van der Waals surface area (Å²) in [6, 6.07) is 12.0. The summed E-state index contributed by atoms with van der Waals surface area (Å²) in [5.41, 5.74) is 15.9. The molecule has 148 valence electrons. The summed E-state index contributed by atoms with van der Waals surface area (Å²) in [6.45, 7) is 0.939. The number of imidazole rings is 1. The maximum atomic E-state index is 12.4. The molecule has 7 nitrogen and oxygen atoms in total. The third-order valence-corrected chi connectivity index (χ3v) is 4.49. The summed E-state index contributed by atoms with van der Waals surface area (Å²) < 4.78 is 31.2. The first-order chi connectivity index (χ1) is 13.8. The van der Waals surface area contributed by atoms with E-state index in [2.05, 4.69) is 19.7 Å². The molecule has 4 aromatic rings. The van der Waals surface area contributed by atoms with Gasteiger partial charge in [-0.1, -0.05) is 18.2 Å². The molecule has 0 atom stereocenters. The van der Waals surface area contributed by atoms with Crippen LogP contribution in [0.25, 0.3) is 28.0 Å². The Morgan fingerprint density at radius 1 is 0.966 bits per heavy atom. The average Bonchev–Trinajstić information content (AvgIpc) is 2.96. The van der Waals surface area contributed by atoms with Crippen molar-refractivity contribution >= 4 is 22.8 Å². The maximum absolute atomic E-state index is 12.4. The van der Waals surface area contributed by atoms with Crippen LogP contribution in [0.15, 0.2) is 42.5 Å². The number of ether oxygens (including phenoxy) is 1. The fourth-order valence-corrected chi connectivity index (χ4v) is 3.30. The van der Waals surface area contributed by atoms with Crippen molar-refractivity contribution in [1.29, 1.82) is 0 Å². The van der Waals surface area contributed by atoms with Crippen LogP contribution < -0.4 is 16.2 Å². The molecule has 4 N–H and O–H groups in total. The Hall–Kier alpha value is -3.75. The number of benzene rings is 2. The van der Waals surface area contributed by atoms with E-state index in [1.807, 2.05) is 36.6 Å². The molecule has 9 heteroatoms. The van der Waals surface area contributed by atoms with Gasteiger partial charge >= 0.3 is 6.61 Å². The Balaban J connectivity index is 1.94. The van der Waals surface area contributed by atoms with Crippen molar-refractivity contribution in [3.63, 3.8) is 0 Å². The Morgan fingerprint density at radius 2 is 1.69 bits per heavy atom. The van der Waals surface area contributed by atoms with Gasteiger partial charge < -0.3 is 16.2 Å². The highest BCUT2D eigenvalue weighted by Crippen LogP contribution is 2.34. The lowest BCUT2D eigenvalue weighted by molar-refractivity contribution is -0.0498. The quantitative estimate of drug-likeness (QED) is 0.543. The Labute approximate surface area is 165 Å². The van der Waals surface area contributed by atoms with E-state index in [9.17, 15) is 8.78 Å². The van der Waals surface area contributed by atoms with Gasteiger partial charge in [-0.25, -0.2) is 4.98 Å². The van der Waals surface area contributed by atoms with Crippen LogP contribution in [0.3, 0.4) is 0 Å². The number of nitrogens with zero attached hydrogens (tertiary/aromatic N) is 4. The molecular formula is C20H18F2N6O. The fraction of sp³-hybridized carbons (Fsp3) is 0.150. The first kappa shape index (κ1) is 18.6. The number of alkyl halides is 2. The number of nitrogen functional groups attached to an aromatic ring is 2. The summed E-state index contributed by atoms with van der Waals surface area (Å²) in [5.74, 6) is 1.39. The maximum Gasteiger partial charge on any atom is 0.387 e. The van der Waals surface area contributed by atoms with E-state index < -0.39 is 6.61 Å². The summed E-state index contributed by atoms with van der Waals surface area (Å²) in [4.78, 5) is 13.1. The van der Waals surface area contributed by atoms with Gasteiger partial charge in [0.15, 0.2) is 5.82 Å². The summed E-state index contributed by atoms with van der Waals surface area (Å²) in [5, 5.41) is 0. The Morgan fingerprint density at radius 3 is 2.38 bits per heavy atom. The second-order valence-electron chi connectivity index (χ2n) is 6.56. The highest BCUT2D eigenvalue weighted by Gasteiger charge is 2.20. The van der Waals surface area contributed by atoms with Gasteiger partial charge in [0.2, 0.25) is 5.95 Å². The van der Waals surface area contributed by atoms with Gasteiger partial charge in [-0.3, -0.25) is 4.57 Å². The monoisotopic (exact) mass is 396 g/mol. The highest BCUT2D eigenvalue weighted by atomic mass is 19.3. The number of rotatable bonds is 4. The number of aryl methyl sites for hydroxylation is 2. The van der Waals surface area contributed by atoms with Gasteiger partial charge in [0.05, 0.1) is 16.6 Å². The zero-order valence-electron chi connectivity index (χ0n) is 15.7. The van der Waals surface area contributed by atoms with Crippen molar-refractivity contribution in [2.24, 2.45) is 0 Å². The lowest BCUT2D eigenvalue weighted by Crippen LogP contribution is -2.10. The molecule has 2 aromatic carbocycles. The third-order valence-electron chi connectivity index (χ3n) is 4.49. The number of anilines is 2. The molecule has 2 aromatic heterocycles. The van der Waals surface area contributed by atoms with Crippen molar-refractivity contribution in [3.05, 3.63) is 53.9 Å². The third kappa shape index (κ3) is 3.42. The number of hydrogen-bond acceptors (Lipinski definition) is 6. The van der Waals surface area contributed by atoms with Crippen LogP contribution in [0.4, 0.5) is 20.5 Å². The molecule has 0 saturated heterocycles. The molecule has 29 heavy (non-hydrogen) atoms. The minimum Gasteiger partial charge on any atom is -0.435 e.